The van der Waals surface area contributed by atoms with Gasteiger partial charge in [-0.2, -0.15) is 0 Å². The first kappa shape index (κ1) is 25.1. The minimum atomic E-state index is -1.29. The summed E-state index contributed by atoms with van der Waals surface area (Å²) in [4.78, 5) is 48.7. The molecule has 1 aliphatic rings. The lowest BCUT2D eigenvalue weighted by Gasteiger charge is -2.44. The minimum absolute atomic E-state index is 0.0484. The molecule has 13 heteroatoms. The Morgan fingerprint density at radius 3 is 2.00 bits per heavy atom. The summed E-state index contributed by atoms with van der Waals surface area (Å²) < 4.78 is 32.0. The van der Waals surface area contributed by atoms with Crippen molar-refractivity contribution in [2.45, 2.75) is 64.8 Å². The van der Waals surface area contributed by atoms with Crippen LogP contribution >= 0.6 is 0 Å². The maximum Gasteiger partial charge on any atom is 0.303 e. The first-order valence-corrected chi connectivity index (χ1v) is 9.08. The standard InChI is InChI=1S/C17H25N3O10/c1-9(21)26-8-13-14(27-10(2)22)15(28-11(3)23)16(29-12(4)24)17(30-13)25-7-5-6-19-20-18/h13-17H,5-8H2,1-4H3/t13?,14-,15+,16?,17+/m0/s1. The summed E-state index contributed by atoms with van der Waals surface area (Å²) in [6, 6.07) is 0. The molecule has 1 heterocycles. The highest BCUT2D eigenvalue weighted by atomic mass is 16.7. The molecule has 2 unspecified atom stereocenters. The van der Waals surface area contributed by atoms with E-state index in [2.05, 4.69) is 10.0 Å². The van der Waals surface area contributed by atoms with Crippen molar-refractivity contribution in [2.24, 2.45) is 5.11 Å². The van der Waals surface area contributed by atoms with Crippen LogP contribution in [0.25, 0.3) is 10.4 Å². The van der Waals surface area contributed by atoms with Crippen LogP contribution in [0.3, 0.4) is 0 Å². The largest absolute Gasteiger partial charge is 0.463 e. The van der Waals surface area contributed by atoms with Crippen LogP contribution in [0, 0.1) is 0 Å². The van der Waals surface area contributed by atoms with Gasteiger partial charge in [-0.3, -0.25) is 19.2 Å². The maximum absolute atomic E-state index is 11.7. The first-order chi connectivity index (χ1) is 14.1. The van der Waals surface area contributed by atoms with Crippen molar-refractivity contribution in [3.8, 4) is 0 Å². The molecule has 0 aliphatic carbocycles. The molecule has 0 saturated carbocycles. The summed E-state index contributed by atoms with van der Waals surface area (Å²) in [5.74, 6) is -2.78. The lowest BCUT2D eigenvalue weighted by molar-refractivity contribution is -0.308. The van der Waals surface area contributed by atoms with Gasteiger partial charge in [-0.1, -0.05) is 5.11 Å². The molecule has 1 aliphatic heterocycles. The van der Waals surface area contributed by atoms with Crippen LogP contribution < -0.4 is 0 Å². The van der Waals surface area contributed by atoms with Gasteiger partial charge in [0.1, 0.15) is 12.7 Å². The van der Waals surface area contributed by atoms with E-state index in [-0.39, 0.29) is 19.8 Å². The molecule has 5 atom stereocenters. The third kappa shape index (κ3) is 8.64. The second kappa shape index (κ2) is 12.6. The molecule has 13 nitrogen and oxygen atoms in total. The third-order valence-electron chi connectivity index (χ3n) is 3.70. The van der Waals surface area contributed by atoms with Crippen LogP contribution in [0.4, 0.5) is 0 Å². The fourth-order valence-corrected chi connectivity index (χ4v) is 2.70. The first-order valence-electron chi connectivity index (χ1n) is 9.08. The second-order valence-corrected chi connectivity index (χ2v) is 6.25. The normalized spacial score (nSPS) is 25.4. The summed E-state index contributed by atoms with van der Waals surface area (Å²) in [7, 11) is 0. The summed E-state index contributed by atoms with van der Waals surface area (Å²) in [5.41, 5.74) is 8.32. The molecule has 0 bridgehead atoms. The highest BCUT2D eigenvalue weighted by molar-refractivity contribution is 5.68. The second-order valence-electron chi connectivity index (χ2n) is 6.25. The van der Waals surface area contributed by atoms with Crippen molar-refractivity contribution in [3.05, 3.63) is 10.4 Å². The summed E-state index contributed by atoms with van der Waals surface area (Å²) >= 11 is 0. The lowest BCUT2D eigenvalue weighted by Crippen LogP contribution is -2.63. The number of ether oxygens (including phenoxy) is 6. The number of carbonyl (C=O) groups is 4. The Hall–Kier alpha value is -2.89. The van der Waals surface area contributed by atoms with E-state index >= 15 is 0 Å². The molecule has 1 saturated heterocycles. The molecule has 0 aromatic rings. The van der Waals surface area contributed by atoms with Gasteiger partial charge in [-0.05, 0) is 12.0 Å². The zero-order chi connectivity index (χ0) is 22.7. The zero-order valence-electron chi connectivity index (χ0n) is 17.1. The fourth-order valence-electron chi connectivity index (χ4n) is 2.70. The zero-order valence-corrected chi connectivity index (χ0v) is 17.1. The Morgan fingerprint density at radius 2 is 1.47 bits per heavy atom. The smallest absolute Gasteiger partial charge is 0.303 e. The van der Waals surface area contributed by atoms with Gasteiger partial charge >= 0.3 is 23.9 Å². The van der Waals surface area contributed by atoms with Gasteiger partial charge in [-0.15, -0.1) is 0 Å². The van der Waals surface area contributed by atoms with E-state index < -0.39 is 54.6 Å². The Morgan fingerprint density at radius 1 is 0.900 bits per heavy atom. The molecule has 0 amide bonds. The molecule has 0 spiro atoms. The Bertz CT molecular complexity index is 679. The van der Waals surface area contributed by atoms with Gasteiger partial charge in [0.15, 0.2) is 24.6 Å². The van der Waals surface area contributed by atoms with Crippen molar-refractivity contribution < 1.29 is 47.6 Å². The summed E-state index contributed by atoms with van der Waals surface area (Å²) in [5, 5.41) is 3.37. The van der Waals surface area contributed by atoms with Crippen molar-refractivity contribution in [1.82, 2.24) is 0 Å². The van der Waals surface area contributed by atoms with E-state index in [0.717, 1.165) is 20.8 Å². The Balaban J connectivity index is 3.17. The number of esters is 4. The maximum atomic E-state index is 11.7. The molecule has 168 valence electrons. The number of hydrogen-bond donors (Lipinski definition) is 0. The topological polar surface area (TPSA) is 172 Å². The highest BCUT2D eigenvalue weighted by Crippen LogP contribution is 2.30. The van der Waals surface area contributed by atoms with Crippen LogP contribution in [0.15, 0.2) is 5.11 Å². The lowest BCUT2D eigenvalue weighted by atomic mass is 9.98. The number of hydrogen-bond acceptors (Lipinski definition) is 11. The number of rotatable bonds is 10. The molecule has 0 aromatic carbocycles. The van der Waals surface area contributed by atoms with E-state index in [1.165, 1.54) is 6.92 Å². The SMILES string of the molecule is CC(=O)OCC1O[C@@H](OCCCN=[N+]=[N-])C(OC(C)=O)[C@H](OC(C)=O)[C@H]1OC(C)=O. The molecule has 0 aromatic heterocycles. The van der Waals surface area contributed by atoms with Crippen LogP contribution in [-0.2, 0) is 47.6 Å². The minimum Gasteiger partial charge on any atom is -0.463 e. The van der Waals surface area contributed by atoms with Crippen molar-refractivity contribution >= 4 is 23.9 Å². The van der Waals surface area contributed by atoms with Gasteiger partial charge in [0.05, 0.1) is 6.61 Å². The van der Waals surface area contributed by atoms with Crippen LogP contribution in [0.5, 0.6) is 0 Å². The Labute approximate surface area is 172 Å². The van der Waals surface area contributed by atoms with Gasteiger partial charge < -0.3 is 28.4 Å². The molecule has 0 radical (unpaired) electrons. The molecule has 1 rings (SSSR count). The average Bonchev–Trinajstić information content (AvgIpc) is 2.63. The fraction of sp³-hybridized carbons (Fsp3) is 0.765. The van der Waals surface area contributed by atoms with E-state index in [1.807, 2.05) is 0 Å². The number of nitrogens with zero attached hydrogens (tertiary/aromatic N) is 3. The molecule has 1 fully saturated rings. The quantitative estimate of drug-likeness (QED) is 0.120. The predicted molar refractivity (Wildman–Crippen MR) is 96.5 cm³/mol. The average molecular weight is 431 g/mol. The van der Waals surface area contributed by atoms with Gasteiger partial charge in [0.2, 0.25) is 0 Å². The van der Waals surface area contributed by atoms with Gasteiger partial charge in [0.25, 0.3) is 0 Å². The number of azide groups is 1. The summed E-state index contributed by atoms with van der Waals surface area (Å²) in [6.45, 7) is 4.44. The molecule has 30 heavy (non-hydrogen) atoms. The van der Waals surface area contributed by atoms with Crippen LogP contribution in [-0.4, -0.2) is 74.3 Å². The molecular weight excluding hydrogens is 406 g/mol. The van der Waals surface area contributed by atoms with E-state index in [9.17, 15) is 19.2 Å². The van der Waals surface area contributed by atoms with E-state index in [0.29, 0.717) is 6.42 Å². The van der Waals surface area contributed by atoms with Gasteiger partial charge in [0, 0.05) is 39.2 Å². The van der Waals surface area contributed by atoms with Crippen molar-refractivity contribution in [1.29, 1.82) is 0 Å². The molecule has 0 N–H and O–H groups in total. The molecular formula is C17H25N3O10. The van der Waals surface area contributed by atoms with Crippen LogP contribution in [0.1, 0.15) is 34.1 Å². The van der Waals surface area contributed by atoms with E-state index in [4.69, 9.17) is 34.0 Å². The summed E-state index contributed by atoms with van der Waals surface area (Å²) in [6.07, 6.45) is -5.78. The van der Waals surface area contributed by atoms with Crippen molar-refractivity contribution in [2.75, 3.05) is 19.8 Å². The number of carbonyl (C=O) groups excluding carboxylic acids is 4. The third-order valence-corrected chi connectivity index (χ3v) is 3.70. The van der Waals surface area contributed by atoms with Crippen molar-refractivity contribution in [3.63, 3.8) is 0 Å². The Kier molecular flexibility index (Phi) is 10.6. The van der Waals surface area contributed by atoms with Gasteiger partial charge in [-0.25, -0.2) is 0 Å². The van der Waals surface area contributed by atoms with E-state index in [1.54, 1.807) is 0 Å². The monoisotopic (exact) mass is 431 g/mol. The highest BCUT2D eigenvalue weighted by Gasteiger charge is 2.52. The van der Waals surface area contributed by atoms with Crippen LogP contribution in [0.2, 0.25) is 0 Å². The predicted octanol–water partition coefficient (Wildman–Crippen LogP) is 0.786.